The Hall–Kier alpha value is -2.56. The number of hydrogen-bond donors (Lipinski definition) is 1. The minimum atomic E-state index is -0.284. The second kappa shape index (κ2) is 6.06. The summed E-state index contributed by atoms with van der Waals surface area (Å²) in [5.41, 5.74) is 4.75. The molecule has 0 aliphatic heterocycles. The first kappa shape index (κ1) is 13.9. The average molecular weight is 272 g/mol. The summed E-state index contributed by atoms with van der Waals surface area (Å²) in [6, 6.07) is 10.8. The van der Waals surface area contributed by atoms with Crippen molar-refractivity contribution in [3.05, 3.63) is 53.3 Å². The second-order valence-electron chi connectivity index (χ2n) is 4.42. The van der Waals surface area contributed by atoms with E-state index in [4.69, 9.17) is 4.74 Å². The van der Waals surface area contributed by atoms with Crippen molar-refractivity contribution < 1.29 is 14.3 Å². The molecular weight excluding hydrogens is 256 g/mol. The molecule has 0 radical (unpaired) electrons. The molecule has 0 bridgehead atoms. The minimum Gasteiger partial charge on any atom is -0.484 e. The fraction of sp³-hybridized carbons (Fsp3) is 0.200. The number of ether oxygens (including phenoxy) is 1. The van der Waals surface area contributed by atoms with Crippen molar-refractivity contribution in [2.45, 2.75) is 13.8 Å². The van der Waals surface area contributed by atoms with Crippen LogP contribution >= 0.6 is 0 Å². The Morgan fingerprint density at radius 3 is 2.60 bits per heavy atom. The van der Waals surface area contributed by atoms with Gasteiger partial charge in [-0.2, -0.15) is 0 Å². The van der Waals surface area contributed by atoms with Gasteiger partial charge in [-0.05, 0) is 32.0 Å². The molecule has 0 fully saturated rings. The summed E-state index contributed by atoms with van der Waals surface area (Å²) >= 11 is 0. The Morgan fingerprint density at radius 1 is 1.30 bits per heavy atom. The van der Waals surface area contributed by atoms with E-state index in [1.807, 2.05) is 25.1 Å². The monoisotopic (exact) mass is 272 g/mol. The van der Waals surface area contributed by atoms with Gasteiger partial charge in [0, 0.05) is 17.0 Å². The van der Waals surface area contributed by atoms with Crippen molar-refractivity contribution in [1.29, 1.82) is 0 Å². The van der Waals surface area contributed by atoms with Crippen molar-refractivity contribution in [2.24, 2.45) is 0 Å². The van der Waals surface area contributed by atoms with E-state index in [0.717, 1.165) is 12.0 Å². The van der Waals surface area contributed by atoms with Crippen molar-refractivity contribution >= 4 is 12.2 Å². The lowest BCUT2D eigenvalue weighted by atomic mass is 10.3. The van der Waals surface area contributed by atoms with Crippen LogP contribution in [0.15, 0.2) is 36.4 Å². The first-order valence-electron chi connectivity index (χ1n) is 6.23. The van der Waals surface area contributed by atoms with E-state index >= 15 is 0 Å². The molecule has 1 aromatic heterocycles. The number of para-hydroxylation sites is 1. The molecule has 104 valence electrons. The summed E-state index contributed by atoms with van der Waals surface area (Å²) in [5.74, 6) is 0.352. The number of benzene rings is 1. The van der Waals surface area contributed by atoms with E-state index in [9.17, 15) is 9.59 Å². The number of nitrogens with one attached hydrogen (secondary N) is 1. The number of rotatable bonds is 5. The Bertz CT molecular complexity index is 618. The zero-order valence-corrected chi connectivity index (χ0v) is 11.4. The van der Waals surface area contributed by atoms with Gasteiger partial charge in [0.05, 0.1) is 0 Å². The molecule has 5 heteroatoms. The molecule has 1 heterocycles. The van der Waals surface area contributed by atoms with Gasteiger partial charge in [0.25, 0.3) is 5.91 Å². The molecule has 0 atom stereocenters. The van der Waals surface area contributed by atoms with Crippen molar-refractivity contribution in [3.8, 4) is 5.75 Å². The maximum atomic E-state index is 11.8. The van der Waals surface area contributed by atoms with Crippen LogP contribution in [0.25, 0.3) is 0 Å². The highest BCUT2D eigenvalue weighted by atomic mass is 16.5. The van der Waals surface area contributed by atoms with Crippen molar-refractivity contribution in [1.82, 2.24) is 4.68 Å². The number of hydrogen-bond acceptors (Lipinski definition) is 3. The molecule has 5 nitrogen and oxygen atoms in total. The molecule has 0 saturated heterocycles. The Balaban J connectivity index is 1.98. The summed E-state index contributed by atoms with van der Waals surface area (Å²) in [4.78, 5) is 22.7. The Morgan fingerprint density at radius 2 is 2.00 bits per heavy atom. The van der Waals surface area contributed by atoms with Crippen LogP contribution < -0.4 is 10.2 Å². The summed E-state index contributed by atoms with van der Waals surface area (Å²) in [7, 11) is 0. The highest BCUT2D eigenvalue weighted by molar-refractivity contribution is 5.86. The van der Waals surface area contributed by atoms with Gasteiger partial charge in [0.2, 0.25) is 0 Å². The quantitative estimate of drug-likeness (QED) is 0.848. The normalized spacial score (nSPS) is 10.1. The molecule has 0 unspecified atom stereocenters. The van der Waals surface area contributed by atoms with Gasteiger partial charge in [-0.25, -0.2) is 0 Å². The lowest BCUT2D eigenvalue weighted by molar-refractivity contribution is -0.119. The maximum absolute atomic E-state index is 11.8. The summed E-state index contributed by atoms with van der Waals surface area (Å²) < 4.78 is 6.94. The van der Waals surface area contributed by atoms with Crippen LogP contribution in [0.5, 0.6) is 5.75 Å². The van der Waals surface area contributed by atoms with E-state index in [2.05, 4.69) is 5.43 Å². The highest BCUT2D eigenvalue weighted by Crippen LogP contribution is 2.11. The van der Waals surface area contributed by atoms with E-state index in [1.54, 1.807) is 29.8 Å². The van der Waals surface area contributed by atoms with Gasteiger partial charge in [-0.3, -0.25) is 19.7 Å². The van der Waals surface area contributed by atoms with E-state index < -0.39 is 0 Å². The zero-order valence-electron chi connectivity index (χ0n) is 11.4. The fourth-order valence-electron chi connectivity index (χ4n) is 1.90. The van der Waals surface area contributed by atoms with Gasteiger partial charge in [-0.15, -0.1) is 0 Å². The number of nitrogens with zero attached hydrogens (tertiary/aromatic N) is 1. The molecule has 0 aliphatic rings. The van der Waals surface area contributed by atoms with Gasteiger partial charge in [-0.1, -0.05) is 18.2 Å². The predicted molar refractivity (Wildman–Crippen MR) is 75.6 cm³/mol. The summed E-state index contributed by atoms with van der Waals surface area (Å²) in [6.07, 6.45) is 0.769. The van der Waals surface area contributed by atoms with E-state index in [0.29, 0.717) is 17.0 Å². The van der Waals surface area contributed by atoms with Crippen molar-refractivity contribution in [3.63, 3.8) is 0 Å². The van der Waals surface area contributed by atoms with Crippen LogP contribution in [-0.4, -0.2) is 23.5 Å². The number of aryl methyl sites for hydroxylation is 1. The number of aromatic nitrogens is 1. The van der Waals surface area contributed by atoms with Crippen molar-refractivity contribution in [2.75, 3.05) is 12.0 Å². The van der Waals surface area contributed by atoms with Gasteiger partial charge < -0.3 is 4.74 Å². The number of aldehydes is 1. The molecule has 2 aromatic rings. The zero-order chi connectivity index (χ0) is 14.5. The fourth-order valence-corrected chi connectivity index (χ4v) is 1.90. The molecule has 0 spiro atoms. The molecule has 1 amide bonds. The molecular formula is C15H16N2O3. The smallest absolute Gasteiger partial charge is 0.276 e. The van der Waals surface area contributed by atoms with E-state index in [1.165, 1.54) is 0 Å². The Kier molecular flexibility index (Phi) is 4.20. The summed E-state index contributed by atoms with van der Waals surface area (Å²) in [6.45, 7) is 3.50. The standard InChI is InChI=1S/C15H16N2O3/c1-11-8-13(9-18)12(2)17(11)16-15(19)10-20-14-6-4-3-5-7-14/h3-9H,10H2,1-2H3,(H,16,19). The SMILES string of the molecule is Cc1cc(C=O)c(C)n1NC(=O)COc1ccccc1. The van der Waals surface area contributed by atoms with Crippen LogP contribution in [0.1, 0.15) is 21.7 Å². The number of amides is 1. The third-order valence-corrected chi connectivity index (χ3v) is 2.95. The maximum Gasteiger partial charge on any atom is 0.276 e. The van der Waals surface area contributed by atoms with E-state index in [-0.39, 0.29) is 12.5 Å². The molecule has 20 heavy (non-hydrogen) atoms. The second-order valence-corrected chi connectivity index (χ2v) is 4.42. The third kappa shape index (κ3) is 3.06. The van der Waals surface area contributed by atoms with Crippen LogP contribution in [0.4, 0.5) is 0 Å². The first-order chi connectivity index (χ1) is 9.61. The van der Waals surface area contributed by atoms with Gasteiger partial charge >= 0.3 is 0 Å². The van der Waals surface area contributed by atoms with Crippen LogP contribution in [0, 0.1) is 13.8 Å². The highest BCUT2D eigenvalue weighted by Gasteiger charge is 2.11. The number of carbonyl (C=O) groups is 2. The molecule has 2 rings (SSSR count). The van der Waals surface area contributed by atoms with Crippen LogP contribution in [0.3, 0.4) is 0 Å². The third-order valence-electron chi connectivity index (χ3n) is 2.95. The molecule has 0 saturated carbocycles. The van der Waals surface area contributed by atoms with Crippen LogP contribution in [0.2, 0.25) is 0 Å². The average Bonchev–Trinajstić information content (AvgIpc) is 2.73. The van der Waals surface area contributed by atoms with Gasteiger partial charge in [0.15, 0.2) is 12.9 Å². The molecule has 0 aliphatic carbocycles. The largest absolute Gasteiger partial charge is 0.484 e. The lowest BCUT2D eigenvalue weighted by Gasteiger charge is -2.12. The minimum absolute atomic E-state index is 0.0858. The molecule has 1 N–H and O–H groups in total. The van der Waals surface area contributed by atoms with Gasteiger partial charge in [0.1, 0.15) is 5.75 Å². The summed E-state index contributed by atoms with van der Waals surface area (Å²) in [5, 5.41) is 0. The first-order valence-corrected chi connectivity index (χ1v) is 6.23. The number of carbonyl (C=O) groups excluding carboxylic acids is 2. The Labute approximate surface area is 117 Å². The van der Waals surface area contributed by atoms with Crippen LogP contribution in [-0.2, 0) is 4.79 Å². The predicted octanol–water partition coefficient (Wildman–Crippen LogP) is 2.07. The lowest BCUT2D eigenvalue weighted by Crippen LogP contribution is -2.29. The topological polar surface area (TPSA) is 60.3 Å². The molecule has 1 aromatic carbocycles.